The van der Waals surface area contributed by atoms with Gasteiger partial charge in [0.05, 0.1) is 6.61 Å². The van der Waals surface area contributed by atoms with Gasteiger partial charge in [-0.15, -0.1) is 0 Å². The molecule has 0 unspecified atom stereocenters. The topological polar surface area (TPSA) is 47.0 Å². The summed E-state index contributed by atoms with van der Waals surface area (Å²) in [5.41, 5.74) is 1.30. The van der Waals surface area contributed by atoms with Gasteiger partial charge in [0, 0.05) is 23.5 Å². The average Bonchev–Trinajstić information content (AvgIpc) is 2.31. The molecule has 0 aliphatic carbocycles. The molecular formula is C13H13ClFN3O. The first-order valence-corrected chi connectivity index (χ1v) is 6.17. The first-order valence-electron chi connectivity index (χ1n) is 5.79. The largest absolute Gasteiger partial charge is 0.491 e. The van der Waals surface area contributed by atoms with Crippen LogP contribution < -0.4 is 10.1 Å². The molecule has 0 aliphatic rings. The Morgan fingerprint density at radius 3 is 2.74 bits per heavy atom. The maximum atomic E-state index is 13.7. The molecule has 0 aliphatic heterocycles. The number of benzene rings is 1. The fourth-order valence-electron chi connectivity index (χ4n) is 1.60. The standard InChI is InChI=1S/C13H13ClFN3O/c1-3-19-11-5-4-9(7-10(11)15)17-12-6-8(2)16-13(14)18-12/h4-7H,3H2,1-2H3,(H,16,17,18). The van der Waals surface area contributed by atoms with Crippen molar-refractivity contribution in [3.63, 3.8) is 0 Å². The predicted molar refractivity (Wildman–Crippen MR) is 72.6 cm³/mol. The van der Waals surface area contributed by atoms with Crippen molar-refractivity contribution in [1.82, 2.24) is 9.97 Å². The molecule has 100 valence electrons. The van der Waals surface area contributed by atoms with Gasteiger partial charge in [-0.25, -0.2) is 14.4 Å². The average molecular weight is 282 g/mol. The minimum absolute atomic E-state index is 0.147. The van der Waals surface area contributed by atoms with Crippen LogP contribution in [0.5, 0.6) is 5.75 Å². The molecule has 4 nitrogen and oxygen atoms in total. The van der Waals surface area contributed by atoms with E-state index in [4.69, 9.17) is 16.3 Å². The van der Waals surface area contributed by atoms with Crippen LogP contribution in [0.3, 0.4) is 0 Å². The molecule has 1 aromatic carbocycles. The van der Waals surface area contributed by atoms with Crippen molar-refractivity contribution in [2.24, 2.45) is 0 Å². The van der Waals surface area contributed by atoms with Gasteiger partial charge >= 0.3 is 0 Å². The second kappa shape index (κ2) is 5.84. The molecule has 0 amide bonds. The smallest absolute Gasteiger partial charge is 0.224 e. The van der Waals surface area contributed by atoms with Crippen LogP contribution in [0.4, 0.5) is 15.9 Å². The summed E-state index contributed by atoms with van der Waals surface area (Å²) in [7, 11) is 0. The number of nitrogens with one attached hydrogen (secondary N) is 1. The molecule has 2 rings (SSSR count). The molecule has 1 heterocycles. The zero-order chi connectivity index (χ0) is 13.8. The normalized spacial score (nSPS) is 10.3. The molecular weight excluding hydrogens is 269 g/mol. The molecule has 2 aromatic rings. The summed E-state index contributed by atoms with van der Waals surface area (Å²) in [6.45, 7) is 4.03. The monoisotopic (exact) mass is 281 g/mol. The molecule has 19 heavy (non-hydrogen) atoms. The Kier molecular flexibility index (Phi) is 4.16. The third-order valence-electron chi connectivity index (χ3n) is 2.33. The molecule has 0 radical (unpaired) electrons. The van der Waals surface area contributed by atoms with Gasteiger partial charge in [0.2, 0.25) is 5.28 Å². The van der Waals surface area contributed by atoms with E-state index in [-0.39, 0.29) is 11.0 Å². The third kappa shape index (κ3) is 3.54. The van der Waals surface area contributed by atoms with Gasteiger partial charge in [0.15, 0.2) is 11.6 Å². The maximum absolute atomic E-state index is 13.7. The summed E-state index contributed by atoms with van der Waals surface area (Å²) >= 11 is 5.76. The number of aryl methyl sites for hydroxylation is 1. The van der Waals surface area contributed by atoms with Crippen molar-refractivity contribution in [3.8, 4) is 5.75 Å². The van der Waals surface area contributed by atoms with Gasteiger partial charge in [-0.05, 0) is 37.6 Å². The Balaban J connectivity index is 2.21. The molecule has 0 saturated heterocycles. The summed E-state index contributed by atoms with van der Waals surface area (Å²) in [5.74, 6) is 0.315. The summed E-state index contributed by atoms with van der Waals surface area (Å²) in [5, 5.41) is 3.11. The van der Waals surface area contributed by atoms with Gasteiger partial charge < -0.3 is 10.1 Å². The molecule has 0 saturated carbocycles. The Labute approximate surface area is 115 Å². The highest BCUT2D eigenvalue weighted by atomic mass is 35.5. The molecule has 0 atom stereocenters. The second-order valence-corrected chi connectivity index (χ2v) is 4.20. The summed E-state index contributed by atoms with van der Waals surface area (Å²) in [6.07, 6.45) is 0. The minimum atomic E-state index is -0.427. The third-order valence-corrected chi connectivity index (χ3v) is 2.50. The summed E-state index contributed by atoms with van der Waals surface area (Å²) < 4.78 is 18.8. The molecule has 1 N–H and O–H groups in total. The van der Waals surface area contributed by atoms with E-state index in [1.807, 2.05) is 0 Å². The van der Waals surface area contributed by atoms with E-state index in [0.29, 0.717) is 18.1 Å². The highest BCUT2D eigenvalue weighted by Crippen LogP contribution is 2.23. The zero-order valence-corrected chi connectivity index (χ0v) is 11.3. The number of hydrogen-bond acceptors (Lipinski definition) is 4. The Bertz CT molecular complexity index is 572. The van der Waals surface area contributed by atoms with Crippen LogP contribution in [0.25, 0.3) is 0 Å². The fraction of sp³-hybridized carbons (Fsp3) is 0.231. The lowest BCUT2D eigenvalue weighted by Gasteiger charge is -2.09. The van der Waals surface area contributed by atoms with E-state index in [9.17, 15) is 4.39 Å². The van der Waals surface area contributed by atoms with Gasteiger partial charge in [-0.2, -0.15) is 0 Å². The summed E-state index contributed by atoms with van der Waals surface area (Å²) in [6, 6.07) is 6.34. The van der Waals surface area contributed by atoms with Gasteiger partial charge in [0.25, 0.3) is 0 Å². The molecule has 0 bridgehead atoms. The molecule has 0 spiro atoms. The minimum Gasteiger partial charge on any atom is -0.491 e. The Hall–Kier alpha value is -1.88. The maximum Gasteiger partial charge on any atom is 0.224 e. The van der Waals surface area contributed by atoms with Crippen molar-refractivity contribution in [3.05, 3.63) is 41.1 Å². The quantitative estimate of drug-likeness (QED) is 0.868. The van der Waals surface area contributed by atoms with E-state index >= 15 is 0 Å². The lowest BCUT2D eigenvalue weighted by Crippen LogP contribution is -1.99. The highest BCUT2D eigenvalue weighted by Gasteiger charge is 2.06. The fourth-order valence-corrected chi connectivity index (χ4v) is 1.82. The van der Waals surface area contributed by atoms with Gasteiger partial charge in [-0.3, -0.25) is 0 Å². The predicted octanol–water partition coefficient (Wildman–Crippen LogP) is 3.72. The van der Waals surface area contributed by atoms with E-state index in [1.165, 1.54) is 6.07 Å². The van der Waals surface area contributed by atoms with Crippen molar-refractivity contribution in [2.45, 2.75) is 13.8 Å². The lowest BCUT2D eigenvalue weighted by molar-refractivity contribution is 0.321. The van der Waals surface area contributed by atoms with E-state index in [1.54, 1.807) is 32.0 Å². The number of rotatable bonds is 4. The highest BCUT2D eigenvalue weighted by molar-refractivity contribution is 6.28. The van der Waals surface area contributed by atoms with E-state index < -0.39 is 5.82 Å². The van der Waals surface area contributed by atoms with Crippen molar-refractivity contribution in [2.75, 3.05) is 11.9 Å². The van der Waals surface area contributed by atoms with Crippen molar-refractivity contribution < 1.29 is 9.13 Å². The van der Waals surface area contributed by atoms with Crippen LogP contribution in [0.15, 0.2) is 24.3 Å². The molecule has 0 fully saturated rings. The van der Waals surface area contributed by atoms with Crippen molar-refractivity contribution >= 4 is 23.1 Å². The van der Waals surface area contributed by atoms with Crippen LogP contribution in [0.2, 0.25) is 5.28 Å². The number of aromatic nitrogens is 2. The Morgan fingerprint density at radius 1 is 1.32 bits per heavy atom. The van der Waals surface area contributed by atoms with Crippen molar-refractivity contribution in [1.29, 1.82) is 0 Å². The number of hydrogen-bond donors (Lipinski definition) is 1. The Morgan fingerprint density at radius 2 is 2.11 bits per heavy atom. The first kappa shape index (κ1) is 13.5. The number of halogens is 2. The van der Waals surface area contributed by atoms with Crippen LogP contribution in [-0.4, -0.2) is 16.6 Å². The summed E-state index contributed by atoms with van der Waals surface area (Å²) in [4.78, 5) is 7.96. The molecule has 6 heteroatoms. The zero-order valence-electron chi connectivity index (χ0n) is 10.6. The van der Waals surface area contributed by atoms with Crippen LogP contribution in [0, 0.1) is 12.7 Å². The lowest BCUT2D eigenvalue weighted by atomic mass is 10.3. The van der Waals surface area contributed by atoms with Crippen LogP contribution in [0.1, 0.15) is 12.6 Å². The SMILES string of the molecule is CCOc1ccc(Nc2cc(C)nc(Cl)n2)cc1F. The second-order valence-electron chi connectivity index (χ2n) is 3.87. The van der Waals surface area contributed by atoms with Gasteiger partial charge in [-0.1, -0.05) is 0 Å². The van der Waals surface area contributed by atoms with Crippen LogP contribution in [-0.2, 0) is 0 Å². The van der Waals surface area contributed by atoms with Gasteiger partial charge in [0.1, 0.15) is 5.82 Å². The number of anilines is 2. The van der Waals surface area contributed by atoms with E-state index in [0.717, 1.165) is 5.69 Å². The van der Waals surface area contributed by atoms with Crippen LogP contribution >= 0.6 is 11.6 Å². The molecule has 1 aromatic heterocycles. The number of ether oxygens (including phenoxy) is 1. The first-order chi connectivity index (χ1) is 9.08. The number of nitrogens with zero attached hydrogens (tertiary/aromatic N) is 2. The van der Waals surface area contributed by atoms with E-state index in [2.05, 4.69) is 15.3 Å².